The molecular weight excluding hydrogens is 452 g/mol. The van der Waals surface area contributed by atoms with Gasteiger partial charge in [0.2, 0.25) is 11.9 Å². The highest BCUT2D eigenvalue weighted by molar-refractivity contribution is 7.97. The van der Waals surface area contributed by atoms with Crippen LogP contribution in [-0.2, 0) is 14.9 Å². The van der Waals surface area contributed by atoms with E-state index in [-0.39, 0.29) is 25.2 Å². The first-order valence-corrected chi connectivity index (χ1v) is 11.6. The predicted molar refractivity (Wildman–Crippen MR) is 134 cm³/mol. The van der Waals surface area contributed by atoms with Crippen molar-refractivity contribution in [2.24, 2.45) is 0 Å². The average molecular weight is 481 g/mol. The van der Waals surface area contributed by atoms with Crippen LogP contribution in [0.4, 0.5) is 11.8 Å². The standard InChI is InChI=1S/C23H24N6O3S.CH4/c1-33-29-20(30)16-4-7-19(25-12-16)28-21(31)23(8-10-32-11-9-23)18-5-2-15(3-6-18)17-13-26-22(24)27-14-17;/h2-7,12-14H,8-11H2,1H3,(H,29,30)(H2,24,26,27)(H,25,28,31);1H4. The zero-order valence-corrected chi connectivity index (χ0v) is 18.9. The normalized spacial score (nSPS) is 14.5. The van der Waals surface area contributed by atoms with Gasteiger partial charge in [0.05, 0.1) is 11.0 Å². The van der Waals surface area contributed by atoms with Crippen LogP contribution >= 0.6 is 11.9 Å². The van der Waals surface area contributed by atoms with E-state index in [1.165, 1.54) is 18.1 Å². The Bertz CT molecular complexity index is 1110. The van der Waals surface area contributed by atoms with E-state index in [9.17, 15) is 9.59 Å². The summed E-state index contributed by atoms with van der Waals surface area (Å²) in [5.41, 5.74) is 7.93. The minimum absolute atomic E-state index is 0. The number of pyridine rings is 1. The number of benzene rings is 1. The third kappa shape index (κ3) is 5.35. The van der Waals surface area contributed by atoms with E-state index < -0.39 is 5.41 Å². The first kappa shape index (κ1) is 25.1. The molecule has 0 radical (unpaired) electrons. The summed E-state index contributed by atoms with van der Waals surface area (Å²) in [6.45, 7) is 0.977. The van der Waals surface area contributed by atoms with Gasteiger partial charge in [-0.15, -0.1) is 0 Å². The largest absolute Gasteiger partial charge is 0.381 e. The van der Waals surface area contributed by atoms with Crippen molar-refractivity contribution in [3.63, 3.8) is 0 Å². The fraction of sp³-hybridized carbons (Fsp3) is 0.292. The number of nitrogen functional groups attached to an aromatic ring is 1. The molecule has 0 bridgehead atoms. The Morgan fingerprint density at radius 1 is 0.971 bits per heavy atom. The van der Waals surface area contributed by atoms with Crippen LogP contribution in [0.2, 0.25) is 0 Å². The summed E-state index contributed by atoms with van der Waals surface area (Å²) in [5, 5.41) is 2.93. The Kier molecular flexibility index (Phi) is 8.19. The lowest BCUT2D eigenvalue weighted by molar-refractivity contribution is -0.125. The molecule has 10 heteroatoms. The van der Waals surface area contributed by atoms with Gasteiger partial charge in [-0.05, 0) is 36.1 Å². The van der Waals surface area contributed by atoms with Crippen molar-refractivity contribution in [1.29, 1.82) is 0 Å². The Hall–Kier alpha value is -3.50. The SMILES string of the molecule is C.CSNC(=O)c1ccc(NC(=O)C2(c3ccc(-c4cnc(N)nc4)cc3)CCOCC2)nc1. The van der Waals surface area contributed by atoms with Gasteiger partial charge in [0.25, 0.3) is 5.91 Å². The molecule has 4 N–H and O–H groups in total. The minimum atomic E-state index is -0.745. The third-order valence-electron chi connectivity index (χ3n) is 5.69. The quantitative estimate of drug-likeness (QED) is 0.457. The van der Waals surface area contributed by atoms with E-state index in [1.807, 2.05) is 24.3 Å². The van der Waals surface area contributed by atoms with Crippen molar-refractivity contribution < 1.29 is 14.3 Å². The van der Waals surface area contributed by atoms with Crippen molar-refractivity contribution >= 4 is 35.5 Å². The molecule has 9 nitrogen and oxygen atoms in total. The molecule has 1 fully saturated rings. The second-order valence-electron chi connectivity index (χ2n) is 7.62. The maximum absolute atomic E-state index is 13.5. The number of anilines is 2. The number of carbonyl (C=O) groups is 2. The zero-order valence-electron chi connectivity index (χ0n) is 18.1. The summed E-state index contributed by atoms with van der Waals surface area (Å²) in [7, 11) is 0. The van der Waals surface area contributed by atoms with Gasteiger partial charge in [0.15, 0.2) is 0 Å². The molecule has 1 saturated heterocycles. The van der Waals surface area contributed by atoms with Gasteiger partial charge in [-0.1, -0.05) is 43.6 Å². The molecule has 2 amide bonds. The number of ether oxygens (including phenoxy) is 1. The molecule has 4 rings (SSSR count). The second-order valence-corrected chi connectivity index (χ2v) is 8.24. The van der Waals surface area contributed by atoms with Crippen molar-refractivity contribution in [3.8, 4) is 11.1 Å². The number of hydrogen-bond donors (Lipinski definition) is 3. The number of aromatic nitrogens is 3. The lowest BCUT2D eigenvalue weighted by Gasteiger charge is -2.36. The maximum Gasteiger partial charge on any atom is 0.262 e. The molecule has 0 atom stereocenters. The monoisotopic (exact) mass is 480 g/mol. The number of amides is 2. The highest BCUT2D eigenvalue weighted by Crippen LogP contribution is 2.37. The number of carbonyl (C=O) groups excluding carboxylic acids is 2. The molecule has 0 aliphatic carbocycles. The van der Waals surface area contributed by atoms with E-state index >= 15 is 0 Å². The van der Waals surface area contributed by atoms with Crippen molar-refractivity contribution in [2.45, 2.75) is 25.7 Å². The van der Waals surface area contributed by atoms with Crippen LogP contribution in [0.3, 0.4) is 0 Å². The number of nitrogens with one attached hydrogen (secondary N) is 2. The van der Waals surface area contributed by atoms with Gasteiger partial charge in [-0.2, -0.15) is 0 Å². The van der Waals surface area contributed by atoms with E-state index in [0.29, 0.717) is 37.4 Å². The van der Waals surface area contributed by atoms with E-state index in [4.69, 9.17) is 10.5 Å². The second kappa shape index (κ2) is 11.1. The lowest BCUT2D eigenvalue weighted by Crippen LogP contribution is -2.45. The van der Waals surface area contributed by atoms with E-state index in [2.05, 4.69) is 25.0 Å². The minimum Gasteiger partial charge on any atom is -0.381 e. The summed E-state index contributed by atoms with van der Waals surface area (Å²) in [4.78, 5) is 37.7. The highest BCUT2D eigenvalue weighted by Gasteiger charge is 2.42. The summed E-state index contributed by atoms with van der Waals surface area (Å²) in [6.07, 6.45) is 7.66. The third-order valence-corrected chi connectivity index (χ3v) is 6.08. The van der Waals surface area contributed by atoms with Crippen LogP contribution in [-0.4, -0.2) is 46.2 Å². The number of rotatable bonds is 6. The zero-order chi connectivity index (χ0) is 23.3. The Morgan fingerprint density at radius 2 is 1.65 bits per heavy atom. The summed E-state index contributed by atoms with van der Waals surface area (Å²) >= 11 is 1.21. The van der Waals surface area contributed by atoms with Gasteiger partial charge in [0.1, 0.15) is 5.82 Å². The summed E-state index contributed by atoms with van der Waals surface area (Å²) in [6, 6.07) is 11.1. The molecule has 3 aromatic rings. The van der Waals surface area contributed by atoms with Gasteiger partial charge in [-0.3, -0.25) is 14.3 Å². The molecule has 2 aromatic heterocycles. The Balaban J connectivity index is 0.00000324. The van der Waals surface area contributed by atoms with Gasteiger partial charge < -0.3 is 15.8 Å². The molecule has 1 aliphatic rings. The fourth-order valence-electron chi connectivity index (χ4n) is 3.83. The van der Waals surface area contributed by atoms with Crippen LogP contribution in [0.25, 0.3) is 11.1 Å². The first-order chi connectivity index (χ1) is 16.0. The van der Waals surface area contributed by atoms with Crippen LogP contribution < -0.4 is 15.8 Å². The number of hydrogen-bond acceptors (Lipinski definition) is 8. The van der Waals surface area contributed by atoms with E-state index in [1.54, 1.807) is 30.8 Å². The van der Waals surface area contributed by atoms with E-state index in [0.717, 1.165) is 16.7 Å². The van der Waals surface area contributed by atoms with Crippen LogP contribution in [0.1, 0.15) is 36.2 Å². The molecular formula is C24H28N6O3S. The molecule has 34 heavy (non-hydrogen) atoms. The molecule has 0 unspecified atom stereocenters. The Labute approximate surface area is 203 Å². The van der Waals surface area contributed by atoms with Crippen LogP contribution in [0.5, 0.6) is 0 Å². The smallest absolute Gasteiger partial charge is 0.262 e. The predicted octanol–water partition coefficient (Wildman–Crippen LogP) is 3.45. The summed E-state index contributed by atoms with van der Waals surface area (Å²) in [5.74, 6) is 0.227. The molecule has 0 saturated carbocycles. The maximum atomic E-state index is 13.5. The van der Waals surface area contributed by atoms with Crippen LogP contribution in [0.15, 0.2) is 55.0 Å². The number of nitrogens with two attached hydrogens (primary N) is 1. The summed E-state index contributed by atoms with van der Waals surface area (Å²) < 4.78 is 8.19. The highest BCUT2D eigenvalue weighted by atomic mass is 32.2. The van der Waals surface area contributed by atoms with Crippen molar-refractivity contribution in [2.75, 3.05) is 30.5 Å². The average Bonchev–Trinajstić information content (AvgIpc) is 2.85. The lowest BCUT2D eigenvalue weighted by atomic mass is 9.73. The van der Waals surface area contributed by atoms with Gasteiger partial charge >= 0.3 is 0 Å². The first-order valence-electron chi connectivity index (χ1n) is 10.4. The van der Waals surface area contributed by atoms with Gasteiger partial charge in [0, 0.05) is 43.6 Å². The number of nitrogens with zero attached hydrogens (tertiary/aromatic N) is 3. The van der Waals surface area contributed by atoms with Crippen LogP contribution in [0, 0.1) is 0 Å². The molecule has 3 heterocycles. The molecule has 0 spiro atoms. The van der Waals surface area contributed by atoms with Crippen molar-refractivity contribution in [1.82, 2.24) is 19.7 Å². The van der Waals surface area contributed by atoms with Gasteiger partial charge in [-0.25, -0.2) is 15.0 Å². The fourth-order valence-corrected chi connectivity index (χ4v) is 4.13. The molecule has 1 aliphatic heterocycles. The topological polar surface area (TPSA) is 132 Å². The molecule has 1 aromatic carbocycles. The Morgan fingerprint density at radius 3 is 2.24 bits per heavy atom. The molecule has 178 valence electrons. The van der Waals surface area contributed by atoms with Crippen molar-refractivity contribution in [3.05, 3.63) is 66.1 Å².